The van der Waals surface area contributed by atoms with Crippen molar-refractivity contribution in [2.75, 3.05) is 19.7 Å². The van der Waals surface area contributed by atoms with Gasteiger partial charge in [-0.2, -0.15) is 5.10 Å². The van der Waals surface area contributed by atoms with Crippen molar-refractivity contribution in [3.8, 4) is 0 Å². The van der Waals surface area contributed by atoms with E-state index in [0.29, 0.717) is 19.3 Å². The van der Waals surface area contributed by atoms with Crippen molar-refractivity contribution in [3.05, 3.63) is 18.0 Å². The number of nitrogens with zero attached hydrogens (tertiary/aromatic N) is 2. The molecule has 0 spiro atoms. The molecule has 2 fully saturated rings. The van der Waals surface area contributed by atoms with E-state index in [4.69, 9.17) is 4.74 Å². The van der Waals surface area contributed by atoms with Gasteiger partial charge in [0.2, 0.25) is 0 Å². The van der Waals surface area contributed by atoms with Crippen LogP contribution in [0.25, 0.3) is 0 Å². The first-order chi connectivity index (χ1) is 13.1. The summed E-state index contributed by atoms with van der Waals surface area (Å²) in [6.45, 7) is 8.67. The van der Waals surface area contributed by atoms with E-state index in [1.165, 1.54) is 12.8 Å². The Hall–Kier alpha value is -1.56. The lowest BCUT2D eigenvalue weighted by Gasteiger charge is -2.41. The van der Waals surface area contributed by atoms with Crippen molar-refractivity contribution >= 4 is 6.03 Å². The fourth-order valence-corrected chi connectivity index (χ4v) is 4.76. The molecule has 152 valence electrons. The van der Waals surface area contributed by atoms with Crippen LogP contribution in [0.5, 0.6) is 0 Å². The van der Waals surface area contributed by atoms with Gasteiger partial charge >= 0.3 is 6.03 Å². The predicted octanol–water partition coefficient (Wildman–Crippen LogP) is 3.92. The normalized spacial score (nSPS) is 29.1. The number of urea groups is 1. The maximum Gasteiger partial charge on any atom is 0.317 e. The highest BCUT2D eigenvalue weighted by molar-refractivity contribution is 5.74. The Labute approximate surface area is 163 Å². The second-order valence-electron chi connectivity index (χ2n) is 8.47. The molecule has 6 nitrogen and oxygen atoms in total. The average Bonchev–Trinajstić information content (AvgIpc) is 3.21. The highest BCUT2D eigenvalue weighted by Crippen LogP contribution is 2.34. The Morgan fingerprint density at radius 2 is 2.11 bits per heavy atom. The number of piperidine rings is 1. The van der Waals surface area contributed by atoms with E-state index in [2.05, 4.69) is 29.4 Å². The molecule has 1 unspecified atom stereocenters. The van der Waals surface area contributed by atoms with Gasteiger partial charge in [-0.25, -0.2) is 4.79 Å². The average molecular weight is 377 g/mol. The lowest BCUT2D eigenvalue weighted by Crippen LogP contribution is -2.53. The molecule has 1 aliphatic heterocycles. The SMILES string of the molecule is CCNC(=O)N1CCC[C@H](c2ccn[nH]2)C1COC1CCC(C(C)C)CC1. The molecular weight excluding hydrogens is 340 g/mol. The molecule has 2 atom stereocenters. The maximum absolute atomic E-state index is 12.6. The van der Waals surface area contributed by atoms with E-state index in [1.54, 1.807) is 6.20 Å². The van der Waals surface area contributed by atoms with Crippen LogP contribution in [0.3, 0.4) is 0 Å². The minimum absolute atomic E-state index is 0.0267. The zero-order valence-corrected chi connectivity index (χ0v) is 17.1. The summed E-state index contributed by atoms with van der Waals surface area (Å²) < 4.78 is 6.38. The third kappa shape index (κ3) is 5.03. The van der Waals surface area contributed by atoms with Gasteiger partial charge in [-0.05, 0) is 63.4 Å². The molecule has 27 heavy (non-hydrogen) atoms. The van der Waals surface area contributed by atoms with Crippen LogP contribution in [0.15, 0.2) is 12.3 Å². The van der Waals surface area contributed by atoms with E-state index in [1.807, 2.05) is 17.9 Å². The number of carbonyl (C=O) groups is 1. The highest BCUT2D eigenvalue weighted by atomic mass is 16.5. The molecule has 6 heteroatoms. The Balaban J connectivity index is 1.64. The second kappa shape index (κ2) is 9.58. The third-order valence-corrected chi connectivity index (χ3v) is 6.45. The summed E-state index contributed by atoms with van der Waals surface area (Å²) in [5.41, 5.74) is 1.11. The fraction of sp³-hybridized carbons (Fsp3) is 0.810. The first-order valence-electron chi connectivity index (χ1n) is 10.8. The number of rotatable bonds is 6. The number of aromatic amines is 1. The van der Waals surface area contributed by atoms with Crippen LogP contribution in [0, 0.1) is 11.8 Å². The van der Waals surface area contributed by atoms with E-state index >= 15 is 0 Å². The molecule has 1 saturated carbocycles. The van der Waals surface area contributed by atoms with Crippen molar-refractivity contribution in [3.63, 3.8) is 0 Å². The lowest BCUT2D eigenvalue weighted by molar-refractivity contribution is -0.0238. The van der Waals surface area contributed by atoms with Crippen molar-refractivity contribution < 1.29 is 9.53 Å². The molecule has 0 aromatic carbocycles. The largest absolute Gasteiger partial charge is 0.376 e. The maximum atomic E-state index is 12.6. The van der Waals surface area contributed by atoms with Crippen LogP contribution in [-0.2, 0) is 4.74 Å². The molecule has 2 N–H and O–H groups in total. The number of carbonyl (C=O) groups excluding carboxylic acids is 1. The molecule has 1 saturated heterocycles. The summed E-state index contributed by atoms with van der Waals surface area (Å²) in [5.74, 6) is 1.86. The summed E-state index contributed by atoms with van der Waals surface area (Å²) >= 11 is 0. The van der Waals surface area contributed by atoms with Gasteiger partial charge in [0.25, 0.3) is 0 Å². The van der Waals surface area contributed by atoms with Crippen LogP contribution in [0.2, 0.25) is 0 Å². The number of aromatic nitrogens is 2. The summed E-state index contributed by atoms with van der Waals surface area (Å²) in [7, 11) is 0. The standard InChI is InChI=1S/C21H36N4O2/c1-4-22-21(26)25-13-5-6-18(19-11-12-23-24-19)20(25)14-27-17-9-7-16(8-10-17)15(2)3/h11-12,15-18,20H,4-10,13-14H2,1-3H3,(H,22,26)(H,23,24)/t16?,17?,18-,20?/m1/s1. The van der Waals surface area contributed by atoms with Crippen LogP contribution in [0.4, 0.5) is 4.79 Å². The zero-order valence-electron chi connectivity index (χ0n) is 17.1. The van der Waals surface area contributed by atoms with Gasteiger partial charge in [-0.1, -0.05) is 13.8 Å². The van der Waals surface area contributed by atoms with E-state index in [9.17, 15) is 4.79 Å². The third-order valence-electron chi connectivity index (χ3n) is 6.45. The Bertz CT molecular complexity index is 567. The van der Waals surface area contributed by atoms with E-state index in [-0.39, 0.29) is 18.0 Å². The van der Waals surface area contributed by atoms with Crippen LogP contribution >= 0.6 is 0 Å². The molecule has 1 aromatic heterocycles. The van der Waals surface area contributed by atoms with Gasteiger partial charge in [0.1, 0.15) is 0 Å². The molecule has 3 rings (SSSR count). The van der Waals surface area contributed by atoms with E-state index < -0.39 is 0 Å². The number of ether oxygens (including phenoxy) is 1. The number of nitrogens with one attached hydrogen (secondary N) is 2. The van der Waals surface area contributed by atoms with Crippen LogP contribution in [0.1, 0.15) is 70.9 Å². The first-order valence-corrected chi connectivity index (χ1v) is 10.8. The van der Waals surface area contributed by atoms with Crippen molar-refractivity contribution in [1.29, 1.82) is 0 Å². The number of amides is 2. The lowest BCUT2D eigenvalue weighted by atomic mass is 9.80. The molecule has 2 aliphatic rings. The smallest absolute Gasteiger partial charge is 0.317 e. The summed E-state index contributed by atoms with van der Waals surface area (Å²) in [4.78, 5) is 14.6. The number of hydrogen-bond donors (Lipinski definition) is 2. The van der Waals surface area contributed by atoms with Gasteiger partial charge in [0.05, 0.1) is 18.8 Å². The van der Waals surface area contributed by atoms with Crippen LogP contribution < -0.4 is 5.32 Å². The monoisotopic (exact) mass is 376 g/mol. The van der Waals surface area contributed by atoms with Crippen molar-refractivity contribution in [1.82, 2.24) is 20.4 Å². The summed E-state index contributed by atoms with van der Waals surface area (Å²) in [6, 6.07) is 2.12. The molecule has 2 amide bonds. The molecular formula is C21H36N4O2. The number of hydrogen-bond acceptors (Lipinski definition) is 3. The van der Waals surface area contributed by atoms with Gasteiger partial charge < -0.3 is 15.0 Å². The topological polar surface area (TPSA) is 70.2 Å². The molecule has 0 bridgehead atoms. The molecule has 2 heterocycles. The molecule has 0 radical (unpaired) electrons. The molecule has 1 aliphatic carbocycles. The number of likely N-dealkylation sites (tertiary alicyclic amines) is 1. The van der Waals surface area contributed by atoms with Crippen molar-refractivity contribution in [2.45, 2.75) is 77.4 Å². The van der Waals surface area contributed by atoms with Crippen molar-refractivity contribution in [2.24, 2.45) is 11.8 Å². The fourth-order valence-electron chi connectivity index (χ4n) is 4.76. The second-order valence-corrected chi connectivity index (χ2v) is 8.47. The van der Waals surface area contributed by atoms with Gasteiger partial charge in [0.15, 0.2) is 0 Å². The highest BCUT2D eigenvalue weighted by Gasteiger charge is 2.37. The Morgan fingerprint density at radius 1 is 1.33 bits per heavy atom. The first kappa shape index (κ1) is 20.2. The number of H-pyrrole nitrogens is 1. The van der Waals surface area contributed by atoms with E-state index in [0.717, 1.165) is 49.8 Å². The van der Waals surface area contributed by atoms with Gasteiger partial charge in [-0.3, -0.25) is 5.10 Å². The van der Waals surface area contributed by atoms with Crippen LogP contribution in [-0.4, -0.2) is 53.0 Å². The Morgan fingerprint density at radius 3 is 2.74 bits per heavy atom. The zero-order chi connectivity index (χ0) is 19.2. The van der Waals surface area contributed by atoms with Gasteiger partial charge in [0, 0.05) is 30.9 Å². The minimum atomic E-state index is 0.0267. The Kier molecular flexibility index (Phi) is 7.16. The minimum Gasteiger partial charge on any atom is -0.376 e. The predicted molar refractivity (Wildman–Crippen MR) is 107 cm³/mol. The summed E-state index contributed by atoms with van der Waals surface area (Å²) in [5, 5.41) is 10.2. The molecule has 1 aromatic rings. The quantitative estimate of drug-likeness (QED) is 0.790. The van der Waals surface area contributed by atoms with Gasteiger partial charge in [-0.15, -0.1) is 0 Å². The summed E-state index contributed by atoms with van der Waals surface area (Å²) in [6.07, 6.45) is 9.01.